The minimum Gasteiger partial charge on any atom is -0.338 e. The van der Waals surface area contributed by atoms with Gasteiger partial charge in [-0.25, -0.2) is 13.2 Å². The summed E-state index contributed by atoms with van der Waals surface area (Å²) in [6, 6.07) is 9.65. The Bertz CT molecular complexity index is 875. The lowest BCUT2D eigenvalue weighted by Gasteiger charge is -2.16. The molecule has 0 aliphatic heterocycles. The van der Waals surface area contributed by atoms with Gasteiger partial charge in [0, 0.05) is 6.54 Å². The van der Waals surface area contributed by atoms with Crippen LogP contribution in [0.2, 0.25) is 0 Å². The molecule has 134 valence electrons. The zero-order chi connectivity index (χ0) is 18.6. The highest BCUT2D eigenvalue weighted by molar-refractivity contribution is 7.92. The molecule has 0 atom stereocenters. The molecule has 0 aromatic heterocycles. The van der Waals surface area contributed by atoms with Gasteiger partial charge < -0.3 is 10.6 Å². The third-order valence-corrected chi connectivity index (χ3v) is 5.18. The van der Waals surface area contributed by atoms with Crippen molar-refractivity contribution in [3.63, 3.8) is 0 Å². The Kier molecular flexibility index (Phi) is 5.69. The molecule has 0 heterocycles. The number of amides is 2. The van der Waals surface area contributed by atoms with E-state index in [1.807, 2.05) is 20.8 Å². The maximum atomic E-state index is 12.6. The molecule has 2 aromatic carbocycles. The molecular formula is C18H23N3O3S. The normalized spacial score (nSPS) is 11.0. The third-order valence-electron chi connectivity index (χ3n) is 3.80. The van der Waals surface area contributed by atoms with Crippen molar-refractivity contribution in [1.29, 1.82) is 0 Å². The monoisotopic (exact) mass is 361 g/mol. The van der Waals surface area contributed by atoms with E-state index in [9.17, 15) is 13.2 Å². The first-order valence-electron chi connectivity index (χ1n) is 7.98. The number of rotatable bonds is 5. The number of benzene rings is 2. The first-order valence-corrected chi connectivity index (χ1v) is 9.47. The van der Waals surface area contributed by atoms with Gasteiger partial charge in [0.2, 0.25) is 0 Å². The quantitative estimate of drug-likeness (QED) is 0.761. The molecule has 25 heavy (non-hydrogen) atoms. The highest BCUT2D eigenvalue weighted by Gasteiger charge is 2.17. The Hall–Kier alpha value is -2.54. The average Bonchev–Trinajstić information content (AvgIpc) is 2.52. The molecule has 0 aliphatic carbocycles. The zero-order valence-corrected chi connectivity index (χ0v) is 15.6. The van der Waals surface area contributed by atoms with Gasteiger partial charge in [0.25, 0.3) is 10.0 Å². The van der Waals surface area contributed by atoms with Crippen LogP contribution in [0, 0.1) is 20.8 Å². The smallest absolute Gasteiger partial charge is 0.319 e. The van der Waals surface area contributed by atoms with E-state index in [1.165, 1.54) is 0 Å². The SMILES string of the molecule is CCNC(=O)Nc1cc(C)c(C)cc1NS(=O)(=O)c1ccc(C)cc1. The third kappa shape index (κ3) is 4.73. The lowest BCUT2D eigenvalue weighted by Crippen LogP contribution is -2.29. The van der Waals surface area contributed by atoms with E-state index in [2.05, 4.69) is 15.4 Å². The summed E-state index contributed by atoms with van der Waals surface area (Å²) in [4.78, 5) is 12.0. The summed E-state index contributed by atoms with van der Waals surface area (Å²) in [5, 5.41) is 5.31. The Morgan fingerprint density at radius 2 is 1.52 bits per heavy atom. The minimum absolute atomic E-state index is 0.167. The van der Waals surface area contributed by atoms with E-state index in [-0.39, 0.29) is 10.9 Å². The van der Waals surface area contributed by atoms with Gasteiger partial charge in [-0.3, -0.25) is 4.72 Å². The zero-order valence-electron chi connectivity index (χ0n) is 14.8. The summed E-state index contributed by atoms with van der Waals surface area (Å²) in [6.07, 6.45) is 0. The highest BCUT2D eigenvalue weighted by atomic mass is 32.2. The van der Waals surface area contributed by atoms with Gasteiger partial charge in [0.1, 0.15) is 0 Å². The number of aryl methyl sites for hydroxylation is 3. The molecule has 2 aromatic rings. The first kappa shape index (κ1) is 18.8. The van der Waals surface area contributed by atoms with Crippen LogP contribution < -0.4 is 15.4 Å². The average molecular weight is 361 g/mol. The fourth-order valence-electron chi connectivity index (χ4n) is 2.25. The largest absolute Gasteiger partial charge is 0.338 e. The Labute approximate surface area is 148 Å². The number of carbonyl (C=O) groups is 1. The highest BCUT2D eigenvalue weighted by Crippen LogP contribution is 2.28. The molecule has 2 amide bonds. The van der Waals surface area contributed by atoms with Crippen LogP contribution in [-0.2, 0) is 10.0 Å². The van der Waals surface area contributed by atoms with Gasteiger partial charge in [-0.1, -0.05) is 17.7 Å². The van der Waals surface area contributed by atoms with Gasteiger partial charge in [0.15, 0.2) is 0 Å². The number of sulfonamides is 1. The summed E-state index contributed by atoms with van der Waals surface area (Å²) < 4.78 is 27.8. The van der Waals surface area contributed by atoms with Crippen molar-refractivity contribution in [3.05, 3.63) is 53.1 Å². The first-order chi connectivity index (χ1) is 11.7. The van der Waals surface area contributed by atoms with Crippen molar-refractivity contribution < 1.29 is 13.2 Å². The molecule has 0 saturated carbocycles. The molecular weight excluding hydrogens is 338 g/mol. The van der Waals surface area contributed by atoms with Crippen LogP contribution in [0.1, 0.15) is 23.6 Å². The summed E-state index contributed by atoms with van der Waals surface area (Å²) in [6.45, 7) is 7.95. The van der Waals surface area contributed by atoms with Crippen LogP contribution >= 0.6 is 0 Å². The predicted octanol–water partition coefficient (Wildman–Crippen LogP) is 3.55. The van der Waals surface area contributed by atoms with Gasteiger partial charge in [-0.15, -0.1) is 0 Å². The summed E-state index contributed by atoms with van der Waals surface area (Å²) >= 11 is 0. The molecule has 0 radical (unpaired) electrons. The topological polar surface area (TPSA) is 87.3 Å². The summed E-state index contributed by atoms with van der Waals surface area (Å²) in [5.74, 6) is 0. The van der Waals surface area contributed by atoms with Gasteiger partial charge in [0.05, 0.1) is 16.3 Å². The maximum Gasteiger partial charge on any atom is 0.319 e. The second-order valence-corrected chi connectivity index (χ2v) is 7.57. The number of carbonyl (C=O) groups excluding carboxylic acids is 1. The van der Waals surface area contributed by atoms with Crippen LogP contribution in [-0.4, -0.2) is 21.0 Å². The van der Waals surface area contributed by atoms with Crippen LogP contribution in [0.5, 0.6) is 0 Å². The van der Waals surface area contributed by atoms with Crippen LogP contribution in [0.3, 0.4) is 0 Å². The predicted molar refractivity (Wildman–Crippen MR) is 101 cm³/mol. The van der Waals surface area contributed by atoms with E-state index in [0.29, 0.717) is 17.9 Å². The Morgan fingerprint density at radius 3 is 2.08 bits per heavy atom. The maximum absolute atomic E-state index is 12.6. The Balaban J connectivity index is 2.38. The molecule has 0 aliphatic rings. The summed E-state index contributed by atoms with van der Waals surface area (Å²) in [7, 11) is -3.75. The van der Waals surface area contributed by atoms with Gasteiger partial charge >= 0.3 is 6.03 Å². The van der Waals surface area contributed by atoms with E-state index in [1.54, 1.807) is 43.3 Å². The molecule has 0 spiro atoms. The van der Waals surface area contributed by atoms with E-state index >= 15 is 0 Å². The molecule has 3 N–H and O–H groups in total. The van der Waals surface area contributed by atoms with Crippen molar-refractivity contribution in [1.82, 2.24) is 5.32 Å². The molecule has 0 saturated heterocycles. The molecule has 7 heteroatoms. The number of hydrogen-bond donors (Lipinski definition) is 3. The van der Waals surface area contributed by atoms with Crippen LogP contribution in [0.4, 0.5) is 16.2 Å². The van der Waals surface area contributed by atoms with E-state index in [0.717, 1.165) is 16.7 Å². The number of nitrogens with one attached hydrogen (secondary N) is 3. The second kappa shape index (κ2) is 7.57. The van der Waals surface area contributed by atoms with Crippen LogP contribution in [0.25, 0.3) is 0 Å². The van der Waals surface area contributed by atoms with Crippen molar-refractivity contribution in [2.24, 2.45) is 0 Å². The fraction of sp³-hybridized carbons (Fsp3) is 0.278. The molecule has 6 nitrogen and oxygen atoms in total. The van der Waals surface area contributed by atoms with Crippen molar-refractivity contribution in [2.75, 3.05) is 16.6 Å². The lowest BCUT2D eigenvalue weighted by molar-refractivity contribution is 0.252. The Morgan fingerprint density at radius 1 is 0.960 bits per heavy atom. The number of urea groups is 1. The standard InChI is InChI=1S/C18H23N3O3S/c1-5-19-18(22)20-16-10-13(3)14(4)11-17(16)21-25(23,24)15-8-6-12(2)7-9-15/h6-11,21H,5H2,1-4H3,(H2,19,20,22). The molecule has 0 fully saturated rings. The van der Waals surface area contributed by atoms with Crippen molar-refractivity contribution in [3.8, 4) is 0 Å². The van der Waals surface area contributed by atoms with E-state index < -0.39 is 10.0 Å². The molecule has 0 unspecified atom stereocenters. The van der Waals surface area contributed by atoms with Crippen molar-refractivity contribution >= 4 is 27.4 Å². The fourth-order valence-corrected chi connectivity index (χ4v) is 3.32. The van der Waals surface area contributed by atoms with Gasteiger partial charge in [-0.2, -0.15) is 0 Å². The number of anilines is 2. The van der Waals surface area contributed by atoms with E-state index in [4.69, 9.17) is 0 Å². The van der Waals surface area contributed by atoms with Gasteiger partial charge in [-0.05, 0) is 63.1 Å². The molecule has 0 bridgehead atoms. The van der Waals surface area contributed by atoms with Crippen molar-refractivity contribution in [2.45, 2.75) is 32.6 Å². The van der Waals surface area contributed by atoms with Crippen LogP contribution in [0.15, 0.2) is 41.3 Å². The minimum atomic E-state index is -3.75. The second-order valence-electron chi connectivity index (χ2n) is 5.89. The lowest BCUT2D eigenvalue weighted by atomic mass is 10.1. The summed E-state index contributed by atoms with van der Waals surface area (Å²) in [5.41, 5.74) is 3.58. The number of hydrogen-bond acceptors (Lipinski definition) is 3. The molecule has 2 rings (SSSR count).